The molecule has 224 valence electrons. The van der Waals surface area contributed by atoms with Crippen molar-refractivity contribution in [2.24, 2.45) is 4.99 Å². The molecular formula is C31H32ClN5O6. The van der Waals surface area contributed by atoms with E-state index in [4.69, 9.17) is 26.1 Å². The minimum atomic E-state index is -0.926. The molecule has 11 nitrogen and oxygen atoms in total. The number of nitrogens with one attached hydrogen (secondary N) is 2. The average Bonchev–Trinajstić information content (AvgIpc) is 3.52. The molecule has 3 aliphatic rings. The number of aliphatic hydroxyl groups excluding tert-OH is 1. The van der Waals surface area contributed by atoms with Gasteiger partial charge in [-0.15, -0.1) is 0 Å². The Balaban J connectivity index is 1.16. The van der Waals surface area contributed by atoms with Gasteiger partial charge in [0.25, 0.3) is 17.4 Å². The largest absolute Gasteiger partial charge is 0.497 e. The highest BCUT2D eigenvalue weighted by atomic mass is 35.5. The molecule has 12 heteroatoms. The van der Waals surface area contributed by atoms with Gasteiger partial charge < -0.3 is 29.8 Å². The normalized spacial score (nSPS) is 17.5. The highest BCUT2D eigenvalue weighted by Gasteiger charge is 2.42. The highest BCUT2D eigenvalue weighted by Crippen LogP contribution is 2.37. The van der Waals surface area contributed by atoms with E-state index in [-0.39, 0.29) is 36.6 Å². The number of amides is 2. The SMILES string of the molecule is COc1ccc(Cl)c(OCC(O)CNc2cc[nH]c(=O)c2C2=Nc3cc4c(cc3C2)C(=O)N(C2CCN(C)CC2)C4=O)c1. The lowest BCUT2D eigenvalue weighted by atomic mass is 10.00. The van der Waals surface area contributed by atoms with Gasteiger partial charge in [0.1, 0.15) is 24.2 Å². The summed E-state index contributed by atoms with van der Waals surface area (Å²) >= 11 is 6.18. The van der Waals surface area contributed by atoms with E-state index in [0.717, 1.165) is 31.5 Å². The number of nitrogens with zero attached hydrogens (tertiary/aromatic N) is 3. The van der Waals surface area contributed by atoms with Crippen LogP contribution in [0.4, 0.5) is 11.4 Å². The first-order chi connectivity index (χ1) is 20.7. The van der Waals surface area contributed by atoms with Crippen LogP contribution in [0.2, 0.25) is 5.02 Å². The van der Waals surface area contributed by atoms with Crippen molar-refractivity contribution in [3.05, 3.63) is 80.2 Å². The molecule has 1 fully saturated rings. The van der Waals surface area contributed by atoms with E-state index in [1.54, 1.807) is 36.4 Å². The van der Waals surface area contributed by atoms with Crippen LogP contribution in [0.3, 0.4) is 0 Å². The number of carbonyl (C=O) groups excluding carboxylic acids is 2. The number of aliphatic hydroxyl groups is 1. The lowest BCUT2D eigenvalue weighted by molar-refractivity contribution is 0.0516. The molecule has 4 heterocycles. The van der Waals surface area contributed by atoms with Crippen LogP contribution in [0.25, 0.3) is 0 Å². The Hall–Kier alpha value is -4.19. The Labute approximate surface area is 253 Å². The lowest BCUT2D eigenvalue weighted by Crippen LogP contribution is -2.46. The molecule has 1 unspecified atom stereocenters. The molecule has 43 heavy (non-hydrogen) atoms. The molecule has 1 atom stereocenters. The van der Waals surface area contributed by atoms with Crippen molar-refractivity contribution in [3.63, 3.8) is 0 Å². The fourth-order valence-electron chi connectivity index (χ4n) is 5.79. The molecule has 3 N–H and O–H groups in total. The maximum atomic E-state index is 13.3. The lowest BCUT2D eigenvalue weighted by Gasteiger charge is -2.33. The summed E-state index contributed by atoms with van der Waals surface area (Å²) in [5, 5.41) is 14.1. The number of likely N-dealkylation sites (tertiary alicyclic amines) is 1. The van der Waals surface area contributed by atoms with Crippen LogP contribution < -0.4 is 20.3 Å². The van der Waals surface area contributed by atoms with Gasteiger partial charge in [-0.3, -0.25) is 24.3 Å². The van der Waals surface area contributed by atoms with Crippen LogP contribution in [0.15, 0.2) is 52.4 Å². The van der Waals surface area contributed by atoms with Crippen molar-refractivity contribution in [1.29, 1.82) is 0 Å². The summed E-state index contributed by atoms with van der Waals surface area (Å²) in [7, 11) is 3.57. The maximum absolute atomic E-state index is 13.3. The van der Waals surface area contributed by atoms with Crippen LogP contribution in [0.1, 0.15) is 44.7 Å². The second kappa shape index (κ2) is 11.8. The third-order valence-electron chi connectivity index (χ3n) is 8.13. The molecule has 0 saturated carbocycles. The van der Waals surface area contributed by atoms with Gasteiger partial charge in [0, 0.05) is 31.3 Å². The predicted octanol–water partition coefficient (Wildman–Crippen LogP) is 3.26. The number of carbonyl (C=O) groups is 2. The number of rotatable bonds is 9. The van der Waals surface area contributed by atoms with E-state index in [0.29, 0.717) is 56.7 Å². The monoisotopic (exact) mass is 605 g/mol. The van der Waals surface area contributed by atoms with Crippen LogP contribution in [0, 0.1) is 0 Å². The number of H-pyrrole nitrogens is 1. The van der Waals surface area contributed by atoms with Crippen molar-refractivity contribution in [2.45, 2.75) is 31.4 Å². The summed E-state index contributed by atoms with van der Waals surface area (Å²) in [6.45, 7) is 1.71. The predicted molar refractivity (Wildman–Crippen MR) is 162 cm³/mol. The van der Waals surface area contributed by atoms with Gasteiger partial charge in [-0.2, -0.15) is 0 Å². The molecule has 2 aromatic carbocycles. The van der Waals surface area contributed by atoms with Crippen LogP contribution in [0.5, 0.6) is 11.5 Å². The number of anilines is 1. The number of fused-ring (bicyclic) bond motifs is 2. The number of methoxy groups -OCH3 is 1. The summed E-state index contributed by atoms with van der Waals surface area (Å²) in [5.41, 5.74) is 3.06. The van der Waals surface area contributed by atoms with Gasteiger partial charge in [-0.25, -0.2) is 0 Å². The van der Waals surface area contributed by atoms with Crippen molar-refractivity contribution in [2.75, 3.05) is 45.7 Å². The summed E-state index contributed by atoms with van der Waals surface area (Å²) in [5.74, 6) is 0.407. The number of benzene rings is 2. The van der Waals surface area contributed by atoms with E-state index in [2.05, 4.69) is 15.2 Å². The third kappa shape index (κ3) is 5.63. The molecule has 1 aromatic heterocycles. The zero-order valence-corrected chi connectivity index (χ0v) is 24.6. The zero-order chi connectivity index (χ0) is 30.2. The first-order valence-electron chi connectivity index (χ1n) is 14.1. The zero-order valence-electron chi connectivity index (χ0n) is 23.9. The first kappa shape index (κ1) is 28.9. The van der Waals surface area contributed by atoms with Crippen molar-refractivity contribution in [3.8, 4) is 11.5 Å². The maximum Gasteiger partial charge on any atom is 0.261 e. The number of aliphatic imine (C=N–C) groups is 1. The van der Waals surface area contributed by atoms with Gasteiger partial charge in [-0.1, -0.05) is 11.6 Å². The van der Waals surface area contributed by atoms with Crippen molar-refractivity contribution < 1.29 is 24.2 Å². The van der Waals surface area contributed by atoms with E-state index in [1.807, 2.05) is 7.05 Å². The number of hydrogen-bond donors (Lipinski definition) is 3. The summed E-state index contributed by atoms with van der Waals surface area (Å²) < 4.78 is 10.9. The Morgan fingerprint density at radius 3 is 2.60 bits per heavy atom. The van der Waals surface area contributed by atoms with Gasteiger partial charge >= 0.3 is 0 Å². The molecule has 0 radical (unpaired) electrons. The topological polar surface area (TPSA) is 137 Å². The highest BCUT2D eigenvalue weighted by molar-refractivity contribution is 6.32. The van der Waals surface area contributed by atoms with Crippen LogP contribution in [-0.4, -0.2) is 90.0 Å². The molecule has 3 aliphatic heterocycles. The Kier molecular flexibility index (Phi) is 7.95. The molecule has 0 aliphatic carbocycles. The van der Waals surface area contributed by atoms with Gasteiger partial charge in [0.15, 0.2) is 0 Å². The Bertz CT molecular complexity index is 1680. The first-order valence-corrected chi connectivity index (χ1v) is 14.5. The molecule has 6 rings (SSSR count). The number of ether oxygens (including phenoxy) is 2. The summed E-state index contributed by atoms with van der Waals surface area (Å²) in [4.78, 5) is 50.6. The Morgan fingerprint density at radius 2 is 1.86 bits per heavy atom. The molecule has 0 spiro atoms. The van der Waals surface area contributed by atoms with Crippen molar-refractivity contribution in [1.82, 2.24) is 14.8 Å². The van der Waals surface area contributed by atoms with E-state index in [1.165, 1.54) is 18.2 Å². The van der Waals surface area contributed by atoms with Crippen molar-refractivity contribution >= 4 is 40.5 Å². The fraction of sp³-hybridized carbons (Fsp3) is 0.355. The molecule has 1 saturated heterocycles. The van der Waals surface area contributed by atoms with Gasteiger partial charge in [0.2, 0.25) is 0 Å². The number of aromatic nitrogens is 1. The van der Waals surface area contributed by atoms with E-state index in [9.17, 15) is 19.5 Å². The molecular weight excluding hydrogens is 574 g/mol. The van der Waals surface area contributed by atoms with Gasteiger partial charge in [-0.05, 0) is 68.9 Å². The number of imide groups is 1. The minimum absolute atomic E-state index is 0.0486. The second-order valence-corrected chi connectivity index (χ2v) is 11.4. The minimum Gasteiger partial charge on any atom is -0.497 e. The Morgan fingerprint density at radius 1 is 1.12 bits per heavy atom. The average molecular weight is 606 g/mol. The number of aromatic amines is 1. The quantitative estimate of drug-likeness (QED) is 0.316. The van der Waals surface area contributed by atoms with E-state index < -0.39 is 6.10 Å². The second-order valence-electron chi connectivity index (χ2n) is 11.0. The number of halogens is 1. The smallest absolute Gasteiger partial charge is 0.261 e. The van der Waals surface area contributed by atoms with E-state index >= 15 is 0 Å². The van der Waals surface area contributed by atoms with Crippen LogP contribution in [-0.2, 0) is 6.42 Å². The summed E-state index contributed by atoms with van der Waals surface area (Å²) in [6.07, 6.45) is 2.42. The molecule has 0 bridgehead atoms. The molecule has 3 aromatic rings. The number of hydrogen-bond acceptors (Lipinski definition) is 9. The standard InChI is InChI=1S/C31H32ClN5O6/c1-36-9-6-18(7-10-36)37-30(40)21-11-17-12-26(35-25(17)14-22(21)31(37)41)28-24(5-8-33-29(28)39)34-15-19(38)16-43-27-13-20(42-2)3-4-23(27)32/h3-5,8,11,13-14,18-19,38H,6-7,9-10,12,15-16H2,1-2H3,(H2,33,34,39). The molecule has 2 amide bonds. The summed E-state index contributed by atoms with van der Waals surface area (Å²) in [6, 6.07) is 9.99. The number of pyridine rings is 1. The van der Waals surface area contributed by atoms with Gasteiger partial charge in [0.05, 0.1) is 45.9 Å². The third-order valence-corrected chi connectivity index (χ3v) is 8.44. The fourth-order valence-corrected chi connectivity index (χ4v) is 5.96. The van der Waals surface area contributed by atoms with Crippen LogP contribution >= 0.6 is 11.6 Å². The number of piperidine rings is 1.